The van der Waals surface area contributed by atoms with Crippen LogP contribution in [0, 0.1) is 0 Å². The standard InChI is InChI=1S/3FH.W/h3*1H;/q;;;+3/p-3. The molecule has 0 heterocycles. The number of hydrogen-bond donors (Lipinski definition) is 0. The molecule has 0 fully saturated rings. The number of halogens is 3. The maximum Gasteiger partial charge on any atom is 3.00 e. The topological polar surface area (TPSA) is 0 Å². The first-order valence-corrected chi connectivity index (χ1v) is 0. The summed E-state index contributed by atoms with van der Waals surface area (Å²) in [5, 5.41) is 0. The third-order valence-electron chi connectivity index (χ3n) is 0. The molecule has 0 aliphatic heterocycles. The molecular weight excluding hydrogens is 241 g/mol. The molecule has 0 aromatic carbocycles. The first-order chi connectivity index (χ1) is 0. The van der Waals surface area contributed by atoms with Gasteiger partial charge in [-0.2, -0.15) is 0 Å². The van der Waals surface area contributed by atoms with E-state index in [2.05, 4.69) is 0 Å². The summed E-state index contributed by atoms with van der Waals surface area (Å²) in [5.74, 6) is 0. The maximum absolute atomic E-state index is 0. The molecule has 0 saturated heterocycles. The first kappa shape index (κ1) is 237. The van der Waals surface area contributed by atoms with Crippen molar-refractivity contribution in [1.29, 1.82) is 0 Å². The molecule has 0 spiro atoms. The minimum atomic E-state index is 0. The van der Waals surface area contributed by atoms with Gasteiger partial charge in [0.15, 0.2) is 0 Å². The SMILES string of the molecule is [F-].[F-].[F-].[W+3]. The van der Waals surface area contributed by atoms with Gasteiger partial charge in [0.1, 0.15) is 0 Å². The van der Waals surface area contributed by atoms with E-state index in [9.17, 15) is 0 Å². The van der Waals surface area contributed by atoms with Gasteiger partial charge in [0.2, 0.25) is 0 Å². The van der Waals surface area contributed by atoms with Crippen LogP contribution in [-0.4, -0.2) is 0 Å². The average Bonchev–Trinajstić information content (AvgIpc) is 0. The van der Waals surface area contributed by atoms with Gasteiger partial charge in [-0.1, -0.05) is 0 Å². The van der Waals surface area contributed by atoms with Crippen LogP contribution in [0.15, 0.2) is 0 Å². The van der Waals surface area contributed by atoms with E-state index in [4.69, 9.17) is 0 Å². The molecule has 0 bridgehead atoms. The molecule has 0 unspecified atom stereocenters. The Bertz CT molecular complexity index is 3.25. The van der Waals surface area contributed by atoms with Crippen molar-refractivity contribution in [1.82, 2.24) is 0 Å². The molecule has 0 aliphatic carbocycles. The molecule has 0 rings (SSSR count). The monoisotopic (exact) mass is 241 g/mol. The second kappa shape index (κ2) is 93.4. The normalized spacial score (nSPS) is 0. The van der Waals surface area contributed by atoms with Crippen molar-refractivity contribution >= 4 is 0 Å². The second-order valence-corrected chi connectivity index (χ2v) is 0. The van der Waals surface area contributed by atoms with Crippen LogP contribution in [0.1, 0.15) is 0 Å². The Labute approximate surface area is 35.9 Å². The molecule has 0 nitrogen and oxygen atoms in total. The van der Waals surface area contributed by atoms with Gasteiger partial charge in [-0.15, -0.1) is 0 Å². The molecule has 0 aromatic rings. The van der Waals surface area contributed by atoms with Crippen LogP contribution in [0.25, 0.3) is 0 Å². The summed E-state index contributed by atoms with van der Waals surface area (Å²) in [7, 11) is 0. The quantitative estimate of drug-likeness (QED) is 0.395. The van der Waals surface area contributed by atoms with Crippen LogP contribution < -0.4 is 14.1 Å². The van der Waals surface area contributed by atoms with E-state index < -0.39 is 0 Å². The fourth-order valence-corrected chi connectivity index (χ4v) is 0. The van der Waals surface area contributed by atoms with Crippen molar-refractivity contribution < 1.29 is 35.2 Å². The summed E-state index contributed by atoms with van der Waals surface area (Å²) in [6.45, 7) is 0. The Morgan fingerprint density at radius 2 is 0.500 bits per heavy atom. The zero-order valence-electron chi connectivity index (χ0n) is 1.54. The Morgan fingerprint density at radius 1 is 0.500 bits per heavy atom. The van der Waals surface area contributed by atoms with E-state index in [0.717, 1.165) is 0 Å². The van der Waals surface area contributed by atoms with Crippen LogP contribution in [0.5, 0.6) is 0 Å². The third kappa shape index (κ3) is 23.7. The summed E-state index contributed by atoms with van der Waals surface area (Å²) in [5.41, 5.74) is 0. The predicted octanol–water partition coefficient (Wildman–Crippen LogP) is -8.99. The van der Waals surface area contributed by atoms with Gasteiger partial charge in [-0.05, 0) is 0 Å². The Morgan fingerprint density at radius 3 is 0.500 bits per heavy atom. The van der Waals surface area contributed by atoms with Crippen LogP contribution in [0.3, 0.4) is 0 Å². The number of hydrogen-bond acceptors (Lipinski definition) is 0. The molecule has 0 amide bonds. The van der Waals surface area contributed by atoms with E-state index in [0.29, 0.717) is 0 Å². The van der Waals surface area contributed by atoms with Gasteiger partial charge in [0.05, 0.1) is 0 Å². The smallest absolute Gasteiger partial charge is 1.00 e. The largest absolute Gasteiger partial charge is 3.00 e. The fraction of sp³-hybridized carbons (Fsp3) is 0. The molecule has 4 heteroatoms. The van der Waals surface area contributed by atoms with Gasteiger partial charge < -0.3 is 14.1 Å². The third-order valence-corrected chi connectivity index (χ3v) is 0. The molecule has 0 aliphatic rings. The molecule has 0 atom stereocenters. The predicted molar refractivity (Wildman–Crippen MR) is 0 cm³/mol. The van der Waals surface area contributed by atoms with Crippen LogP contribution >= 0.6 is 0 Å². The zero-order valence-corrected chi connectivity index (χ0v) is 4.48. The van der Waals surface area contributed by atoms with Crippen molar-refractivity contribution in [2.75, 3.05) is 0 Å². The molecule has 0 N–H and O–H groups in total. The van der Waals surface area contributed by atoms with E-state index >= 15 is 0 Å². The minimum absolute atomic E-state index is 0. The molecule has 0 saturated carbocycles. The van der Waals surface area contributed by atoms with Gasteiger partial charge >= 0.3 is 21.1 Å². The van der Waals surface area contributed by atoms with Crippen molar-refractivity contribution in [3.63, 3.8) is 0 Å². The Hall–Kier alpha value is 0.478. The van der Waals surface area contributed by atoms with E-state index in [-0.39, 0.29) is 35.2 Å². The van der Waals surface area contributed by atoms with E-state index in [1.54, 1.807) is 0 Å². The van der Waals surface area contributed by atoms with E-state index in [1.165, 1.54) is 0 Å². The molecule has 27 valence electrons. The maximum atomic E-state index is 0. The first-order valence-electron chi connectivity index (χ1n) is 0. The van der Waals surface area contributed by atoms with Gasteiger partial charge in [0.25, 0.3) is 0 Å². The summed E-state index contributed by atoms with van der Waals surface area (Å²) in [6.07, 6.45) is 0. The zero-order chi connectivity index (χ0) is 0. The second-order valence-electron chi connectivity index (χ2n) is 0. The van der Waals surface area contributed by atoms with Crippen LogP contribution in [-0.2, 0) is 21.1 Å². The summed E-state index contributed by atoms with van der Waals surface area (Å²) in [4.78, 5) is 0. The van der Waals surface area contributed by atoms with Crippen molar-refractivity contribution in [2.24, 2.45) is 0 Å². The summed E-state index contributed by atoms with van der Waals surface area (Å²) >= 11 is 0. The van der Waals surface area contributed by atoms with Crippen molar-refractivity contribution in [3.05, 3.63) is 0 Å². The van der Waals surface area contributed by atoms with Gasteiger partial charge in [0, 0.05) is 0 Å². The molecule has 0 aromatic heterocycles. The number of rotatable bonds is 0. The Balaban J connectivity index is 0. The van der Waals surface area contributed by atoms with Crippen LogP contribution in [0.4, 0.5) is 0 Å². The van der Waals surface area contributed by atoms with E-state index in [1.807, 2.05) is 0 Å². The average molecular weight is 241 g/mol. The molecular formula is F3W. The summed E-state index contributed by atoms with van der Waals surface area (Å²) in [6, 6.07) is 0. The summed E-state index contributed by atoms with van der Waals surface area (Å²) < 4.78 is 0. The minimum Gasteiger partial charge on any atom is -1.00 e. The van der Waals surface area contributed by atoms with Crippen LogP contribution in [0.2, 0.25) is 0 Å². The molecule has 1 radical (unpaired) electrons. The van der Waals surface area contributed by atoms with Gasteiger partial charge in [-0.25, -0.2) is 0 Å². The molecule has 4 heavy (non-hydrogen) atoms. The Kier molecular flexibility index (Phi) is 5530. The van der Waals surface area contributed by atoms with Crippen molar-refractivity contribution in [2.45, 2.75) is 0 Å². The van der Waals surface area contributed by atoms with Gasteiger partial charge in [-0.3, -0.25) is 0 Å². The fourth-order valence-electron chi connectivity index (χ4n) is 0. The van der Waals surface area contributed by atoms with Crippen molar-refractivity contribution in [3.8, 4) is 0 Å².